The molecule has 132 valence electrons. The van der Waals surface area contributed by atoms with Crippen LogP contribution in [0.15, 0.2) is 36.8 Å². The summed E-state index contributed by atoms with van der Waals surface area (Å²) in [5.41, 5.74) is 2.72. The monoisotopic (exact) mass is 353 g/mol. The van der Waals surface area contributed by atoms with E-state index in [0.717, 1.165) is 25.2 Å². The van der Waals surface area contributed by atoms with Crippen LogP contribution < -0.4 is 5.32 Å². The van der Waals surface area contributed by atoms with Crippen LogP contribution in [-0.2, 0) is 13.5 Å². The second kappa shape index (κ2) is 5.60. The number of hydrogen-bond donors (Lipinski definition) is 1. The van der Waals surface area contributed by atoms with E-state index in [-0.39, 0.29) is 0 Å². The third-order valence-corrected chi connectivity index (χ3v) is 4.93. The molecule has 0 spiro atoms. The molecule has 1 aromatic carbocycles. The third kappa shape index (κ3) is 2.47. The number of fused-ring (bicyclic) bond motifs is 2. The zero-order chi connectivity index (χ0) is 17.8. The Morgan fingerprint density at radius 2 is 1.88 bits per heavy atom. The van der Waals surface area contributed by atoms with E-state index in [0.29, 0.717) is 33.6 Å². The molecule has 0 radical (unpaired) electrons. The highest BCUT2D eigenvalue weighted by Crippen LogP contribution is 2.28. The number of halogens is 2. The Balaban J connectivity index is 1.60. The summed E-state index contributed by atoms with van der Waals surface area (Å²) in [6.45, 7) is 1.96. The highest BCUT2D eigenvalue weighted by Gasteiger charge is 2.19. The molecular weight excluding hydrogens is 336 g/mol. The van der Waals surface area contributed by atoms with Gasteiger partial charge in [-0.25, -0.2) is 13.8 Å². The van der Waals surface area contributed by atoms with Gasteiger partial charge in [-0.2, -0.15) is 5.10 Å². The second-order valence-electron chi connectivity index (χ2n) is 6.97. The lowest BCUT2D eigenvalue weighted by Crippen LogP contribution is -2.43. The molecule has 0 unspecified atom stereocenters. The van der Waals surface area contributed by atoms with E-state index in [1.165, 1.54) is 12.1 Å². The van der Waals surface area contributed by atoms with Crippen molar-refractivity contribution in [2.45, 2.75) is 6.42 Å². The van der Waals surface area contributed by atoms with Gasteiger partial charge in [0.15, 0.2) is 17.3 Å². The third-order valence-electron chi connectivity index (χ3n) is 4.93. The van der Waals surface area contributed by atoms with Gasteiger partial charge in [0.2, 0.25) is 0 Å². The predicted molar refractivity (Wildman–Crippen MR) is 94.9 cm³/mol. The van der Waals surface area contributed by atoms with Gasteiger partial charge in [0.05, 0.1) is 5.69 Å². The molecule has 5 rings (SSSR count). The highest BCUT2D eigenvalue weighted by molar-refractivity contribution is 5.84. The Morgan fingerprint density at radius 1 is 1.08 bits per heavy atom. The fourth-order valence-corrected chi connectivity index (χ4v) is 3.53. The van der Waals surface area contributed by atoms with Crippen LogP contribution in [0.3, 0.4) is 0 Å². The van der Waals surface area contributed by atoms with E-state index in [4.69, 9.17) is 0 Å². The van der Waals surface area contributed by atoms with Crippen LogP contribution in [0, 0.1) is 17.6 Å². The van der Waals surface area contributed by atoms with Gasteiger partial charge in [-0.05, 0) is 49.2 Å². The summed E-state index contributed by atoms with van der Waals surface area (Å²) in [6, 6.07) is 4.63. The molecule has 1 aliphatic heterocycles. The summed E-state index contributed by atoms with van der Waals surface area (Å²) < 4.78 is 32.2. The lowest BCUT2D eigenvalue weighted by Gasteiger charge is -2.25. The fourth-order valence-electron chi connectivity index (χ4n) is 3.53. The van der Waals surface area contributed by atoms with Crippen molar-refractivity contribution in [1.29, 1.82) is 0 Å². The minimum atomic E-state index is -0.414. The average Bonchev–Trinajstić information content (AvgIpc) is 3.14. The molecule has 4 aromatic rings. The standard InChI is InChI=1S/C19H17F2N5/c1-25-8-14-3-12(4-16(20)18(14)24-25)13-5-17(21)19-23-15(10-26(19)9-13)2-11-6-22-7-11/h3-5,8-11,22H,2,6-7H2,1H3. The first-order valence-corrected chi connectivity index (χ1v) is 8.58. The number of hydrogen-bond acceptors (Lipinski definition) is 3. The summed E-state index contributed by atoms with van der Waals surface area (Å²) in [5.74, 6) is -0.265. The molecule has 1 fully saturated rings. The topological polar surface area (TPSA) is 47.2 Å². The van der Waals surface area contributed by atoms with Crippen molar-refractivity contribution < 1.29 is 8.78 Å². The predicted octanol–water partition coefficient (Wildman–Crippen LogP) is 2.93. The Bertz CT molecular complexity index is 1140. The van der Waals surface area contributed by atoms with Crippen LogP contribution in [0.25, 0.3) is 27.7 Å². The van der Waals surface area contributed by atoms with E-state index < -0.39 is 11.6 Å². The van der Waals surface area contributed by atoms with Gasteiger partial charge < -0.3 is 9.72 Å². The maximum absolute atomic E-state index is 14.6. The molecule has 0 amide bonds. The summed E-state index contributed by atoms with van der Waals surface area (Å²) in [7, 11) is 1.75. The van der Waals surface area contributed by atoms with Crippen molar-refractivity contribution in [3.63, 3.8) is 0 Å². The van der Waals surface area contributed by atoms with Crippen LogP contribution >= 0.6 is 0 Å². The average molecular weight is 353 g/mol. The van der Waals surface area contributed by atoms with Crippen LogP contribution in [-0.4, -0.2) is 32.3 Å². The SMILES string of the molecule is Cn1cc2cc(-c3cc(F)c4nc(CC5CNC5)cn4c3)cc(F)c2n1. The van der Waals surface area contributed by atoms with Gasteiger partial charge in [-0.1, -0.05) is 0 Å². The number of benzene rings is 1. The number of imidazole rings is 1. The van der Waals surface area contributed by atoms with Gasteiger partial charge in [0, 0.05) is 36.6 Å². The Hall–Kier alpha value is -2.80. The first-order valence-electron chi connectivity index (χ1n) is 8.58. The van der Waals surface area contributed by atoms with Gasteiger partial charge >= 0.3 is 0 Å². The molecule has 5 nitrogen and oxygen atoms in total. The normalized spacial score (nSPS) is 15.0. The van der Waals surface area contributed by atoms with Gasteiger partial charge in [-0.3, -0.25) is 4.68 Å². The van der Waals surface area contributed by atoms with Crippen molar-refractivity contribution in [3.05, 3.63) is 54.1 Å². The largest absolute Gasteiger partial charge is 0.316 e. The number of nitrogens with zero attached hydrogens (tertiary/aromatic N) is 4. The smallest absolute Gasteiger partial charge is 0.173 e. The minimum Gasteiger partial charge on any atom is -0.316 e. The number of rotatable bonds is 3. The molecule has 0 saturated carbocycles. The van der Waals surface area contributed by atoms with Gasteiger partial charge in [0.1, 0.15) is 5.52 Å². The molecular formula is C19H17F2N5. The molecule has 7 heteroatoms. The quantitative estimate of drug-likeness (QED) is 0.616. The maximum atomic E-state index is 14.6. The first-order chi connectivity index (χ1) is 12.6. The van der Waals surface area contributed by atoms with Gasteiger partial charge in [0.25, 0.3) is 0 Å². The van der Waals surface area contributed by atoms with Crippen molar-refractivity contribution in [1.82, 2.24) is 24.5 Å². The maximum Gasteiger partial charge on any atom is 0.173 e. The van der Waals surface area contributed by atoms with E-state index in [1.54, 1.807) is 28.5 Å². The lowest BCUT2D eigenvalue weighted by molar-refractivity contribution is 0.344. The molecule has 3 aromatic heterocycles. The van der Waals surface area contributed by atoms with Crippen molar-refractivity contribution >= 4 is 16.6 Å². The van der Waals surface area contributed by atoms with E-state index in [1.807, 2.05) is 12.3 Å². The summed E-state index contributed by atoms with van der Waals surface area (Å²) in [4.78, 5) is 4.41. The first kappa shape index (κ1) is 15.5. The number of nitrogens with one attached hydrogen (secondary N) is 1. The van der Waals surface area contributed by atoms with Crippen LogP contribution in [0.2, 0.25) is 0 Å². The van der Waals surface area contributed by atoms with Crippen molar-refractivity contribution in [2.24, 2.45) is 13.0 Å². The molecule has 0 aliphatic carbocycles. The van der Waals surface area contributed by atoms with E-state index >= 15 is 0 Å². The van der Waals surface area contributed by atoms with Crippen LogP contribution in [0.5, 0.6) is 0 Å². The van der Waals surface area contributed by atoms with Gasteiger partial charge in [-0.15, -0.1) is 0 Å². The molecule has 0 bridgehead atoms. The zero-order valence-electron chi connectivity index (χ0n) is 14.2. The summed E-state index contributed by atoms with van der Waals surface area (Å²) >= 11 is 0. The lowest BCUT2D eigenvalue weighted by atomic mass is 9.98. The Labute approximate surface area is 148 Å². The summed E-state index contributed by atoms with van der Waals surface area (Å²) in [6.07, 6.45) is 6.24. The van der Waals surface area contributed by atoms with E-state index in [2.05, 4.69) is 15.4 Å². The fraction of sp³-hybridized carbons (Fsp3) is 0.263. The number of pyridine rings is 1. The molecule has 1 saturated heterocycles. The molecule has 0 atom stereocenters. The highest BCUT2D eigenvalue weighted by atomic mass is 19.1. The molecule has 4 heterocycles. The van der Waals surface area contributed by atoms with Crippen LogP contribution in [0.1, 0.15) is 5.69 Å². The molecule has 1 N–H and O–H groups in total. The Morgan fingerprint density at radius 3 is 2.65 bits per heavy atom. The van der Waals surface area contributed by atoms with E-state index in [9.17, 15) is 8.78 Å². The number of aryl methyl sites for hydroxylation is 1. The minimum absolute atomic E-state index is 0.305. The zero-order valence-corrected chi connectivity index (χ0v) is 14.2. The van der Waals surface area contributed by atoms with Crippen molar-refractivity contribution in [3.8, 4) is 11.1 Å². The van der Waals surface area contributed by atoms with Crippen LogP contribution in [0.4, 0.5) is 8.78 Å². The molecule has 1 aliphatic rings. The summed E-state index contributed by atoms with van der Waals surface area (Å²) in [5, 5.41) is 8.02. The Kier molecular flexibility index (Phi) is 3.33. The molecule has 26 heavy (non-hydrogen) atoms. The second-order valence-corrected chi connectivity index (χ2v) is 6.97. The van der Waals surface area contributed by atoms with Crippen molar-refractivity contribution in [2.75, 3.05) is 13.1 Å². The number of aromatic nitrogens is 4.